The molecule has 0 spiro atoms. The second kappa shape index (κ2) is 6.38. The van der Waals surface area contributed by atoms with Crippen molar-refractivity contribution in [1.82, 2.24) is 15.2 Å². The maximum Gasteiger partial charge on any atom is 0.205 e. The molecule has 0 radical (unpaired) electrons. The van der Waals surface area contributed by atoms with Crippen molar-refractivity contribution in [3.8, 4) is 5.75 Å². The molecule has 2 atom stereocenters. The highest BCUT2D eigenvalue weighted by molar-refractivity contribution is 5.42. The van der Waals surface area contributed by atoms with Crippen molar-refractivity contribution in [2.24, 2.45) is 0 Å². The van der Waals surface area contributed by atoms with Gasteiger partial charge in [-0.3, -0.25) is 4.98 Å². The van der Waals surface area contributed by atoms with Crippen LogP contribution in [-0.2, 0) is 17.9 Å². The lowest BCUT2D eigenvalue weighted by Crippen LogP contribution is -2.45. The van der Waals surface area contributed by atoms with Gasteiger partial charge >= 0.3 is 0 Å². The average molecular weight is 319 g/mol. The Hall–Kier alpha value is -1.17. The maximum absolute atomic E-state index is 5.99. The summed E-state index contributed by atoms with van der Waals surface area (Å²) in [4.78, 5) is 6.95. The SMILES string of the molecule is Cc1ncc(CNC2CCN(C)C(C)C2)c2c1OC(C)(C)OC2. The van der Waals surface area contributed by atoms with E-state index in [1.54, 1.807) is 0 Å². The summed E-state index contributed by atoms with van der Waals surface area (Å²) in [5, 5.41) is 3.70. The van der Waals surface area contributed by atoms with E-state index in [0.717, 1.165) is 30.1 Å². The number of hydrogen-bond acceptors (Lipinski definition) is 5. The van der Waals surface area contributed by atoms with Gasteiger partial charge in [-0.2, -0.15) is 0 Å². The quantitative estimate of drug-likeness (QED) is 0.928. The summed E-state index contributed by atoms with van der Waals surface area (Å²) in [6.45, 7) is 10.8. The van der Waals surface area contributed by atoms with Gasteiger partial charge in [-0.05, 0) is 45.8 Å². The Balaban J connectivity index is 1.70. The van der Waals surface area contributed by atoms with Crippen molar-refractivity contribution >= 4 is 0 Å². The Bertz CT molecular complexity index is 574. The van der Waals surface area contributed by atoms with Gasteiger partial charge in [0.2, 0.25) is 5.79 Å². The Morgan fingerprint density at radius 1 is 1.43 bits per heavy atom. The minimum Gasteiger partial charge on any atom is -0.461 e. The topological polar surface area (TPSA) is 46.6 Å². The lowest BCUT2D eigenvalue weighted by molar-refractivity contribution is -0.180. The Labute approximate surface area is 139 Å². The number of ether oxygens (including phenoxy) is 2. The molecule has 0 aliphatic carbocycles. The molecule has 1 fully saturated rings. The van der Waals surface area contributed by atoms with Gasteiger partial charge in [0.25, 0.3) is 0 Å². The lowest BCUT2D eigenvalue weighted by Gasteiger charge is -2.36. The second-order valence-electron chi connectivity index (χ2n) is 7.40. The maximum atomic E-state index is 5.99. The predicted molar refractivity (Wildman–Crippen MR) is 90.4 cm³/mol. The normalized spacial score (nSPS) is 27.3. The van der Waals surface area contributed by atoms with E-state index in [4.69, 9.17) is 9.47 Å². The van der Waals surface area contributed by atoms with Gasteiger partial charge in [-0.1, -0.05) is 0 Å². The number of nitrogens with one attached hydrogen (secondary N) is 1. The molecule has 2 aliphatic rings. The molecule has 2 aliphatic heterocycles. The highest BCUT2D eigenvalue weighted by Gasteiger charge is 2.30. The van der Waals surface area contributed by atoms with Crippen LogP contribution in [-0.4, -0.2) is 41.3 Å². The van der Waals surface area contributed by atoms with Gasteiger partial charge in [-0.25, -0.2) is 0 Å². The summed E-state index contributed by atoms with van der Waals surface area (Å²) in [5.74, 6) is 0.326. The smallest absolute Gasteiger partial charge is 0.205 e. The number of rotatable bonds is 3. The molecule has 2 unspecified atom stereocenters. The number of likely N-dealkylation sites (tertiary alicyclic amines) is 1. The second-order valence-corrected chi connectivity index (χ2v) is 7.40. The number of nitrogens with zero attached hydrogens (tertiary/aromatic N) is 2. The fraction of sp³-hybridized carbons (Fsp3) is 0.722. The zero-order chi connectivity index (χ0) is 16.6. The third-order valence-electron chi connectivity index (χ3n) is 5.11. The van der Waals surface area contributed by atoms with Gasteiger partial charge in [0.1, 0.15) is 5.75 Å². The summed E-state index contributed by atoms with van der Waals surface area (Å²) >= 11 is 0. The molecule has 0 saturated carbocycles. The zero-order valence-electron chi connectivity index (χ0n) is 15.0. The molecule has 0 bridgehead atoms. The van der Waals surface area contributed by atoms with E-state index in [0.29, 0.717) is 18.7 Å². The van der Waals surface area contributed by atoms with Crippen LogP contribution in [0.4, 0.5) is 0 Å². The third-order valence-corrected chi connectivity index (χ3v) is 5.11. The number of aryl methyl sites for hydroxylation is 1. The molecule has 0 aromatic carbocycles. The molecular weight excluding hydrogens is 290 g/mol. The summed E-state index contributed by atoms with van der Waals surface area (Å²) in [5.41, 5.74) is 3.27. The van der Waals surface area contributed by atoms with Crippen molar-refractivity contribution in [3.63, 3.8) is 0 Å². The van der Waals surface area contributed by atoms with Crippen molar-refractivity contribution < 1.29 is 9.47 Å². The van der Waals surface area contributed by atoms with E-state index in [-0.39, 0.29) is 0 Å². The Morgan fingerprint density at radius 2 is 2.22 bits per heavy atom. The van der Waals surface area contributed by atoms with Crippen LogP contribution in [0.15, 0.2) is 6.20 Å². The summed E-state index contributed by atoms with van der Waals surface area (Å²) in [6, 6.07) is 1.21. The van der Waals surface area contributed by atoms with Crippen LogP contribution >= 0.6 is 0 Å². The summed E-state index contributed by atoms with van der Waals surface area (Å²) in [7, 11) is 2.21. The van der Waals surface area contributed by atoms with E-state index in [1.165, 1.54) is 18.4 Å². The fourth-order valence-corrected chi connectivity index (χ4v) is 3.37. The van der Waals surface area contributed by atoms with E-state index in [2.05, 4.69) is 29.2 Å². The van der Waals surface area contributed by atoms with Crippen LogP contribution in [0.2, 0.25) is 0 Å². The van der Waals surface area contributed by atoms with Gasteiger partial charge in [0, 0.05) is 44.2 Å². The van der Waals surface area contributed by atoms with E-state index >= 15 is 0 Å². The number of fused-ring (bicyclic) bond motifs is 1. The standard InChI is InChI=1S/C18H29N3O2/c1-12-8-15(6-7-21(12)5)20-10-14-9-19-13(2)17-16(14)11-22-18(3,4)23-17/h9,12,15,20H,6-8,10-11H2,1-5H3. The highest BCUT2D eigenvalue weighted by Crippen LogP contribution is 2.35. The van der Waals surface area contributed by atoms with E-state index in [9.17, 15) is 0 Å². The monoisotopic (exact) mass is 319 g/mol. The molecular formula is C18H29N3O2. The number of hydrogen-bond donors (Lipinski definition) is 1. The molecule has 1 aromatic heterocycles. The van der Waals surface area contributed by atoms with Crippen LogP contribution in [0.3, 0.4) is 0 Å². The molecule has 0 amide bonds. The third kappa shape index (κ3) is 3.67. The fourth-order valence-electron chi connectivity index (χ4n) is 3.37. The minimum absolute atomic E-state index is 0.569. The van der Waals surface area contributed by atoms with Crippen LogP contribution in [0.5, 0.6) is 5.75 Å². The first-order valence-corrected chi connectivity index (χ1v) is 8.59. The van der Waals surface area contributed by atoms with Gasteiger partial charge in [-0.15, -0.1) is 0 Å². The summed E-state index contributed by atoms with van der Waals surface area (Å²) < 4.78 is 11.8. The van der Waals surface area contributed by atoms with E-state index in [1.807, 2.05) is 27.0 Å². The zero-order valence-corrected chi connectivity index (χ0v) is 15.0. The van der Waals surface area contributed by atoms with Crippen molar-refractivity contribution in [1.29, 1.82) is 0 Å². The molecule has 5 heteroatoms. The Morgan fingerprint density at radius 3 is 2.96 bits per heavy atom. The molecule has 1 saturated heterocycles. The number of pyridine rings is 1. The largest absolute Gasteiger partial charge is 0.461 e. The molecule has 1 aromatic rings. The van der Waals surface area contributed by atoms with Crippen LogP contribution < -0.4 is 10.1 Å². The van der Waals surface area contributed by atoms with Crippen molar-refractivity contribution in [3.05, 3.63) is 23.0 Å². The van der Waals surface area contributed by atoms with Crippen LogP contribution in [0, 0.1) is 6.92 Å². The van der Waals surface area contributed by atoms with Gasteiger partial charge in [0.15, 0.2) is 0 Å². The number of piperidine rings is 1. The molecule has 23 heavy (non-hydrogen) atoms. The van der Waals surface area contributed by atoms with Crippen LogP contribution in [0.1, 0.15) is 50.4 Å². The molecule has 128 valence electrons. The lowest BCUT2D eigenvalue weighted by atomic mass is 9.98. The minimum atomic E-state index is -0.575. The molecule has 5 nitrogen and oxygen atoms in total. The van der Waals surface area contributed by atoms with Crippen molar-refractivity contribution in [2.45, 2.75) is 71.6 Å². The Kier molecular flexibility index (Phi) is 4.63. The van der Waals surface area contributed by atoms with E-state index < -0.39 is 5.79 Å². The first-order valence-electron chi connectivity index (χ1n) is 8.59. The van der Waals surface area contributed by atoms with Gasteiger partial charge < -0.3 is 19.7 Å². The first kappa shape index (κ1) is 16.7. The first-order chi connectivity index (χ1) is 10.9. The molecule has 1 N–H and O–H groups in total. The molecule has 3 heterocycles. The van der Waals surface area contributed by atoms with Crippen molar-refractivity contribution in [2.75, 3.05) is 13.6 Å². The van der Waals surface area contributed by atoms with Gasteiger partial charge in [0.05, 0.1) is 12.3 Å². The summed E-state index contributed by atoms with van der Waals surface area (Å²) in [6.07, 6.45) is 4.35. The predicted octanol–water partition coefficient (Wildman–Crippen LogP) is 2.61. The van der Waals surface area contributed by atoms with Crippen LogP contribution in [0.25, 0.3) is 0 Å². The highest BCUT2D eigenvalue weighted by atomic mass is 16.7. The number of aromatic nitrogens is 1. The average Bonchev–Trinajstić information content (AvgIpc) is 2.50. The molecule has 3 rings (SSSR count).